The van der Waals surface area contributed by atoms with Gasteiger partial charge in [-0.15, -0.1) is 0 Å². The summed E-state index contributed by atoms with van der Waals surface area (Å²) in [6, 6.07) is 6.46. The van der Waals surface area contributed by atoms with Crippen LogP contribution in [0.15, 0.2) is 36.5 Å². The fourth-order valence-electron chi connectivity index (χ4n) is 2.93. The van der Waals surface area contributed by atoms with Crippen molar-refractivity contribution >= 4 is 22.0 Å². The van der Waals surface area contributed by atoms with E-state index in [0.717, 1.165) is 6.08 Å². The van der Waals surface area contributed by atoms with Crippen molar-refractivity contribution in [2.24, 2.45) is 0 Å². The minimum absolute atomic E-state index is 0.0881. The van der Waals surface area contributed by atoms with Crippen molar-refractivity contribution in [1.29, 1.82) is 0 Å². The third-order valence-corrected chi connectivity index (χ3v) is 4.27. The Bertz CT molecular complexity index is 732. The number of likely N-dealkylation sites (tertiary alicyclic amines) is 1. The van der Waals surface area contributed by atoms with Gasteiger partial charge in [-0.05, 0) is 52.0 Å². The highest BCUT2D eigenvalue weighted by atomic mass is 19.4. The van der Waals surface area contributed by atoms with E-state index in [1.54, 1.807) is 24.3 Å². The van der Waals surface area contributed by atoms with Crippen LogP contribution in [0.5, 0.6) is 0 Å². The van der Waals surface area contributed by atoms with Crippen LogP contribution in [0.4, 0.5) is 18.9 Å². The number of anilines is 1. The Hall–Kier alpha value is -2.08. The van der Waals surface area contributed by atoms with Crippen LogP contribution in [0.3, 0.4) is 0 Å². The zero-order chi connectivity index (χ0) is 18.4. The third-order valence-electron chi connectivity index (χ3n) is 4.27. The van der Waals surface area contributed by atoms with Gasteiger partial charge in [0.2, 0.25) is 0 Å². The van der Waals surface area contributed by atoms with Crippen LogP contribution in [-0.2, 0) is 0 Å². The summed E-state index contributed by atoms with van der Waals surface area (Å²) in [5, 5.41) is 0.981. The first-order valence-corrected chi connectivity index (χ1v) is 8.40. The van der Waals surface area contributed by atoms with Crippen molar-refractivity contribution in [1.82, 2.24) is 9.88 Å². The molecular weight excluding hydrogens is 327 g/mol. The Kier molecular flexibility index (Phi) is 6.42. The molecule has 1 aromatic heterocycles. The summed E-state index contributed by atoms with van der Waals surface area (Å²) in [6.07, 6.45) is 2.20. The highest BCUT2D eigenvalue weighted by Crippen LogP contribution is 2.36. The van der Waals surface area contributed by atoms with Crippen LogP contribution in [0.25, 0.3) is 16.3 Å². The van der Waals surface area contributed by atoms with Crippen LogP contribution in [0.2, 0.25) is 0 Å². The molecule has 6 heteroatoms. The number of fused-ring (bicyclic) bond motifs is 1. The minimum atomic E-state index is -4.43. The number of aromatic nitrogens is 1. The number of rotatable bonds is 1. The van der Waals surface area contributed by atoms with Gasteiger partial charge in [-0.1, -0.05) is 24.6 Å². The van der Waals surface area contributed by atoms with Gasteiger partial charge in [-0.25, -0.2) is 0 Å². The van der Waals surface area contributed by atoms with Crippen LogP contribution in [0, 0.1) is 0 Å². The average Bonchev–Trinajstić information content (AvgIpc) is 2.56. The molecule has 0 radical (unpaired) electrons. The van der Waals surface area contributed by atoms with E-state index in [4.69, 9.17) is 5.73 Å². The molecule has 1 aromatic carbocycles. The van der Waals surface area contributed by atoms with E-state index in [2.05, 4.69) is 16.9 Å². The SMILES string of the molecule is C/C=C(\c1nccc2c(N)cccc12)C(F)(F)F.CN1CCCCC1. The molecule has 0 atom stereocenters. The maximum absolute atomic E-state index is 12.9. The molecule has 0 bridgehead atoms. The lowest BCUT2D eigenvalue weighted by Gasteiger charge is -2.20. The second-order valence-electron chi connectivity index (χ2n) is 6.17. The van der Waals surface area contributed by atoms with Crippen molar-refractivity contribution in [3.05, 3.63) is 42.2 Å². The number of benzene rings is 1. The number of alkyl halides is 3. The molecule has 3 nitrogen and oxygen atoms in total. The summed E-state index contributed by atoms with van der Waals surface area (Å²) >= 11 is 0. The molecule has 136 valence electrons. The second kappa shape index (κ2) is 8.34. The van der Waals surface area contributed by atoms with Gasteiger partial charge >= 0.3 is 6.18 Å². The van der Waals surface area contributed by atoms with Crippen LogP contribution in [0.1, 0.15) is 31.9 Å². The molecule has 1 saturated heterocycles. The van der Waals surface area contributed by atoms with Gasteiger partial charge in [-0.2, -0.15) is 13.2 Å². The van der Waals surface area contributed by atoms with E-state index >= 15 is 0 Å². The number of hydrogen-bond acceptors (Lipinski definition) is 3. The second-order valence-corrected chi connectivity index (χ2v) is 6.17. The van der Waals surface area contributed by atoms with E-state index in [1.807, 2.05) is 0 Å². The molecule has 0 spiro atoms. The Morgan fingerprint density at radius 2 is 1.80 bits per heavy atom. The molecule has 25 heavy (non-hydrogen) atoms. The van der Waals surface area contributed by atoms with Crippen LogP contribution < -0.4 is 5.73 Å². The van der Waals surface area contributed by atoms with Crippen molar-refractivity contribution in [2.45, 2.75) is 32.4 Å². The van der Waals surface area contributed by atoms with Crippen molar-refractivity contribution in [2.75, 3.05) is 25.9 Å². The third kappa shape index (κ3) is 4.95. The van der Waals surface area contributed by atoms with Gasteiger partial charge in [0.15, 0.2) is 0 Å². The highest BCUT2D eigenvalue weighted by Gasteiger charge is 2.35. The number of allylic oxidation sites excluding steroid dienone is 2. The number of nitrogen functional groups attached to an aromatic ring is 1. The number of piperidine rings is 1. The lowest BCUT2D eigenvalue weighted by Crippen LogP contribution is -2.24. The molecule has 0 aliphatic carbocycles. The molecule has 0 amide bonds. The Labute approximate surface area is 146 Å². The fraction of sp³-hybridized carbons (Fsp3) is 0.421. The number of nitrogens with two attached hydrogens (primary N) is 1. The van der Waals surface area contributed by atoms with E-state index in [9.17, 15) is 13.2 Å². The number of halogens is 3. The fourth-order valence-corrected chi connectivity index (χ4v) is 2.93. The molecular formula is C19H24F3N3. The van der Waals surface area contributed by atoms with Crippen LogP contribution in [-0.4, -0.2) is 36.2 Å². The predicted octanol–water partition coefficient (Wildman–Crippen LogP) is 4.88. The molecule has 2 aromatic rings. The number of nitrogens with zero attached hydrogens (tertiary/aromatic N) is 2. The van der Waals surface area contributed by atoms with Crippen molar-refractivity contribution < 1.29 is 13.2 Å². The van der Waals surface area contributed by atoms with Gasteiger partial charge in [0, 0.05) is 22.7 Å². The molecule has 1 fully saturated rings. The van der Waals surface area contributed by atoms with E-state index in [-0.39, 0.29) is 5.69 Å². The van der Waals surface area contributed by atoms with Crippen LogP contribution >= 0.6 is 0 Å². The largest absolute Gasteiger partial charge is 0.418 e. The van der Waals surface area contributed by atoms with E-state index < -0.39 is 11.7 Å². The van der Waals surface area contributed by atoms with E-state index in [1.165, 1.54) is 45.5 Å². The topological polar surface area (TPSA) is 42.1 Å². The maximum atomic E-state index is 12.9. The first-order valence-electron chi connectivity index (χ1n) is 8.40. The molecule has 1 aliphatic heterocycles. The summed E-state index contributed by atoms with van der Waals surface area (Å²) in [5.41, 5.74) is 5.35. The predicted molar refractivity (Wildman–Crippen MR) is 97.2 cm³/mol. The summed E-state index contributed by atoms with van der Waals surface area (Å²) in [5.74, 6) is 0. The summed E-state index contributed by atoms with van der Waals surface area (Å²) in [6.45, 7) is 3.98. The van der Waals surface area contributed by atoms with Gasteiger partial charge in [0.1, 0.15) is 0 Å². The molecule has 0 unspecified atom stereocenters. The smallest absolute Gasteiger partial charge is 0.398 e. The number of hydrogen-bond donors (Lipinski definition) is 1. The average molecular weight is 351 g/mol. The quantitative estimate of drug-likeness (QED) is 0.744. The Balaban J connectivity index is 0.000000269. The zero-order valence-electron chi connectivity index (χ0n) is 14.6. The van der Waals surface area contributed by atoms with Gasteiger partial charge in [-0.3, -0.25) is 4.98 Å². The zero-order valence-corrected chi connectivity index (χ0v) is 14.6. The molecule has 2 N–H and O–H groups in total. The normalized spacial score (nSPS) is 16.4. The Morgan fingerprint density at radius 1 is 1.12 bits per heavy atom. The lowest BCUT2D eigenvalue weighted by atomic mass is 10.0. The number of pyridine rings is 1. The molecule has 3 rings (SSSR count). The highest BCUT2D eigenvalue weighted by molar-refractivity contribution is 5.99. The van der Waals surface area contributed by atoms with Crippen molar-refractivity contribution in [3.63, 3.8) is 0 Å². The summed E-state index contributed by atoms with van der Waals surface area (Å²) in [4.78, 5) is 6.23. The van der Waals surface area contributed by atoms with Gasteiger partial charge in [0.25, 0.3) is 0 Å². The minimum Gasteiger partial charge on any atom is -0.398 e. The first-order chi connectivity index (χ1) is 11.8. The maximum Gasteiger partial charge on any atom is 0.418 e. The molecule has 0 saturated carbocycles. The lowest BCUT2D eigenvalue weighted by molar-refractivity contribution is -0.0691. The first kappa shape index (κ1) is 19.2. The standard InChI is InChI=1S/C13H11F3N2.C6H13N/c1-2-10(13(14,15)16)12-9-4-3-5-11(17)8(9)6-7-18-12;1-7-5-3-2-4-6-7/h2-7H,17H2,1H3;2-6H2,1H3/b10-2+;. The Morgan fingerprint density at radius 3 is 2.32 bits per heavy atom. The van der Waals surface area contributed by atoms with Crippen molar-refractivity contribution in [3.8, 4) is 0 Å². The summed E-state index contributed by atoms with van der Waals surface area (Å²) in [7, 11) is 2.19. The van der Waals surface area contributed by atoms with Gasteiger partial charge in [0.05, 0.1) is 11.3 Å². The van der Waals surface area contributed by atoms with Gasteiger partial charge < -0.3 is 10.6 Å². The summed E-state index contributed by atoms with van der Waals surface area (Å²) < 4.78 is 38.7. The monoisotopic (exact) mass is 351 g/mol. The molecule has 2 heterocycles. The van der Waals surface area contributed by atoms with E-state index in [0.29, 0.717) is 16.5 Å². The molecule has 1 aliphatic rings.